The third-order valence-corrected chi connectivity index (χ3v) is 5.25. The van der Waals surface area contributed by atoms with Crippen LogP contribution in [0.2, 0.25) is 0 Å². The van der Waals surface area contributed by atoms with Crippen LogP contribution in [0.5, 0.6) is 0 Å². The predicted molar refractivity (Wildman–Crippen MR) is 69.7 cm³/mol. The van der Waals surface area contributed by atoms with E-state index in [-0.39, 0.29) is 64.5 Å². The zero-order chi connectivity index (χ0) is 16.9. The smallest absolute Gasteiger partial charge is 0.744 e. The topological polar surface area (TPSA) is 169 Å². The maximum absolute atomic E-state index is 11.3. The fourth-order valence-corrected chi connectivity index (χ4v) is 3.63. The second-order valence-corrected chi connectivity index (χ2v) is 8.34. The summed E-state index contributed by atoms with van der Waals surface area (Å²) in [5, 5.41) is -0.566. The van der Waals surface area contributed by atoms with Gasteiger partial charge >= 0.3 is 59.1 Å². The van der Waals surface area contributed by atoms with Gasteiger partial charge in [-0.3, -0.25) is 4.55 Å². The Morgan fingerprint density at radius 1 is 0.750 bits per heavy atom. The first-order valence-corrected chi connectivity index (χ1v) is 9.53. The van der Waals surface area contributed by atoms with E-state index in [0.29, 0.717) is 12.1 Å². The summed E-state index contributed by atoms with van der Waals surface area (Å²) in [6.07, 6.45) is 0. The minimum absolute atomic E-state index is 0. The van der Waals surface area contributed by atoms with Crippen LogP contribution in [-0.2, 0) is 30.4 Å². The van der Waals surface area contributed by atoms with Crippen LogP contribution < -0.4 is 59.1 Å². The molecule has 0 atom stereocenters. The average Bonchev–Trinajstić information content (AvgIpc) is 2.33. The van der Waals surface area contributed by atoms with Crippen molar-refractivity contribution in [3.63, 3.8) is 0 Å². The summed E-state index contributed by atoms with van der Waals surface area (Å²) >= 11 is 0. The van der Waals surface area contributed by atoms with Crippen molar-refractivity contribution in [2.75, 3.05) is 0 Å². The van der Waals surface area contributed by atoms with E-state index >= 15 is 0 Å². The monoisotopic (exact) mass is 412 g/mol. The van der Waals surface area contributed by atoms with Gasteiger partial charge in [0, 0.05) is 5.39 Å². The first kappa shape index (κ1) is 24.4. The summed E-state index contributed by atoms with van der Waals surface area (Å²) in [5.41, 5.74) is 0. The van der Waals surface area contributed by atoms with Gasteiger partial charge in [0.25, 0.3) is 10.1 Å². The summed E-state index contributed by atoms with van der Waals surface area (Å²) in [5.74, 6) is 0. The van der Waals surface area contributed by atoms with Crippen molar-refractivity contribution in [3.05, 3.63) is 30.3 Å². The number of hydrogen-bond acceptors (Lipinski definition) is 8. The number of benzene rings is 2. The molecule has 24 heavy (non-hydrogen) atoms. The molecule has 2 rings (SSSR count). The SMILES string of the molecule is O=S(=O)([O-])c1cc(S(=O)(=O)O)c2cc(S(=O)(=O)[O-])ccc2c1.[Na+].[Na+]. The van der Waals surface area contributed by atoms with E-state index in [9.17, 15) is 34.4 Å². The maximum Gasteiger partial charge on any atom is 1.00 e. The van der Waals surface area contributed by atoms with Crippen molar-refractivity contribution in [2.24, 2.45) is 0 Å². The van der Waals surface area contributed by atoms with Gasteiger partial charge in [-0.2, -0.15) is 8.42 Å². The molecule has 2 aromatic rings. The van der Waals surface area contributed by atoms with Gasteiger partial charge in [-0.25, -0.2) is 16.8 Å². The summed E-state index contributed by atoms with van der Waals surface area (Å²) in [7, 11) is -14.9. The Morgan fingerprint density at radius 2 is 1.25 bits per heavy atom. The quantitative estimate of drug-likeness (QED) is 0.381. The number of hydrogen-bond donors (Lipinski definition) is 1. The van der Waals surface area contributed by atoms with E-state index in [1.54, 1.807) is 0 Å². The molecule has 0 aliphatic heterocycles. The minimum atomic E-state index is -5.02. The first-order chi connectivity index (χ1) is 9.80. The molecule has 14 heteroatoms. The Balaban J connectivity index is 0.00000264. The molecule has 0 radical (unpaired) electrons. The summed E-state index contributed by atoms with van der Waals surface area (Å²) in [4.78, 5) is -2.70. The van der Waals surface area contributed by atoms with Gasteiger partial charge in [-0.1, -0.05) is 6.07 Å². The van der Waals surface area contributed by atoms with Crippen molar-refractivity contribution in [1.82, 2.24) is 0 Å². The molecule has 0 saturated heterocycles. The maximum atomic E-state index is 11.3. The van der Waals surface area contributed by atoms with Gasteiger partial charge in [-0.05, 0) is 29.7 Å². The zero-order valence-electron chi connectivity index (χ0n) is 12.3. The molecule has 2 aromatic carbocycles. The van der Waals surface area contributed by atoms with Crippen molar-refractivity contribution in [2.45, 2.75) is 14.7 Å². The molecule has 0 heterocycles. The predicted octanol–water partition coefficient (Wildman–Crippen LogP) is -6.10. The molecule has 0 unspecified atom stereocenters. The molecular formula is C10H6Na2O9S3. The van der Waals surface area contributed by atoms with Crippen molar-refractivity contribution in [1.29, 1.82) is 0 Å². The summed E-state index contributed by atoms with van der Waals surface area (Å²) in [6, 6.07) is 3.62. The molecule has 1 N–H and O–H groups in total. The Labute approximate surface area is 182 Å². The number of rotatable bonds is 3. The average molecular weight is 412 g/mol. The van der Waals surface area contributed by atoms with E-state index < -0.39 is 50.4 Å². The molecule has 0 aliphatic carbocycles. The van der Waals surface area contributed by atoms with E-state index in [1.165, 1.54) is 0 Å². The van der Waals surface area contributed by atoms with E-state index in [2.05, 4.69) is 0 Å². The Bertz CT molecular complexity index is 1090. The third-order valence-electron chi connectivity index (χ3n) is 2.72. The zero-order valence-corrected chi connectivity index (χ0v) is 18.8. The van der Waals surface area contributed by atoms with Gasteiger partial charge in [0.15, 0.2) is 0 Å². The summed E-state index contributed by atoms with van der Waals surface area (Å²) in [6.45, 7) is 0. The van der Waals surface area contributed by atoms with Crippen LogP contribution >= 0.6 is 0 Å². The van der Waals surface area contributed by atoms with E-state index in [0.717, 1.165) is 18.2 Å². The minimum Gasteiger partial charge on any atom is -0.744 e. The molecule has 0 saturated carbocycles. The van der Waals surface area contributed by atoms with Crippen LogP contribution in [0, 0.1) is 0 Å². The molecule has 0 aliphatic rings. The molecule has 0 fully saturated rings. The Hall–Kier alpha value is 0.430. The third kappa shape index (κ3) is 5.46. The standard InChI is InChI=1S/C10H8O9S3.2Na/c11-20(12,13)7-2-1-6-3-8(21(14,15)16)5-10(9(6)4-7)22(17,18)19;;/h1-5H,(H,11,12,13)(H,14,15,16)(H,17,18,19);;/q;2*+1/p-2. The Kier molecular flexibility index (Phi) is 8.12. The fraction of sp³-hybridized carbons (Fsp3) is 0. The second-order valence-electron chi connectivity index (χ2n) is 4.19. The first-order valence-electron chi connectivity index (χ1n) is 5.27. The normalized spacial score (nSPS) is 12.3. The second kappa shape index (κ2) is 7.98. The molecule has 9 nitrogen and oxygen atoms in total. The molecule has 0 amide bonds. The summed E-state index contributed by atoms with van der Waals surface area (Å²) < 4.78 is 97.6. The number of fused-ring (bicyclic) bond motifs is 1. The van der Waals surface area contributed by atoms with Crippen LogP contribution in [0.15, 0.2) is 45.0 Å². The van der Waals surface area contributed by atoms with Gasteiger partial charge in [0.2, 0.25) is 0 Å². The van der Waals surface area contributed by atoms with Crippen LogP contribution in [0.3, 0.4) is 0 Å². The van der Waals surface area contributed by atoms with Crippen LogP contribution in [0.25, 0.3) is 10.8 Å². The molecule has 0 bridgehead atoms. The van der Waals surface area contributed by atoms with Crippen LogP contribution in [0.4, 0.5) is 0 Å². The molecular weight excluding hydrogens is 406 g/mol. The fourth-order valence-electron chi connectivity index (χ4n) is 1.79. The van der Waals surface area contributed by atoms with Crippen LogP contribution in [-0.4, -0.2) is 38.9 Å². The van der Waals surface area contributed by atoms with Crippen molar-refractivity contribution < 1.29 is 98.0 Å². The molecule has 0 spiro atoms. The van der Waals surface area contributed by atoms with Gasteiger partial charge in [0.1, 0.15) is 25.1 Å². The van der Waals surface area contributed by atoms with Gasteiger partial charge < -0.3 is 9.11 Å². The molecule has 120 valence electrons. The van der Waals surface area contributed by atoms with E-state index in [1.807, 2.05) is 0 Å². The largest absolute Gasteiger partial charge is 1.00 e. The molecule has 0 aromatic heterocycles. The van der Waals surface area contributed by atoms with Crippen molar-refractivity contribution >= 4 is 41.1 Å². The van der Waals surface area contributed by atoms with E-state index in [4.69, 9.17) is 4.55 Å². The van der Waals surface area contributed by atoms with Crippen molar-refractivity contribution in [3.8, 4) is 0 Å². The Morgan fingerprint density at radius 3 is 1.67 bits per heavy atom. The van der Waals surface area contributed by atoms with Gasteiger partial charge in [0.05, 0.1) is 9.79 Å². The van der Waals surface area contributed by atoms with Gasteiger partial charge in [-0.15, -0.1) is 0 Å². The van der Waals surface area contributed by atoms with Crippen LogP contribution in [0.1, 0.15) is 0 Å².